The van der Waals surface area contributed by atoms with Gasteiger partial charge in [-0.3, -0.25) is 0 Å². The van der Waals surface area contributed by atoms with Gasteiger partial charge in [-0.1, -0.05) is 0 Å². The molecule has 4 N–H and O–H groups in total. The van der Waals surface area contributed by atoms with E-state index >= 15 is 0 Å². The molecule has 1 aliphatic heterocycles. The number of aliphatic hydroxyl groups is 1. The van der Waals surface area contributed by atoms with Crippen LogP contribution >= 0.6 is 0 Å². The molecule has 15 heavy (non-hydrogen) atoms. The van der Waals surface area contributed by atoms with E-state index < -0.39 is 5.60 Å². The largest absolute Gasteiger partial charge is 0.389 e. The fraction of sp³-hybridized carbons (Fsp3) is 1.00. The predicted octanol–water partition coefficient (Wildman–Crippen LogP) is -0.00270. The minimum atomic E-state index is -0.529. The lowest BCUT2D eigenvalue weighted by atomic mass is 9.82. The molecule has 0 aromatic heterocycles. The van der Waals surface area contributed by atoms with Crippen LogP contribution in [0.3, 0.4) is 0 Å². The van der Waals surface area contributed by atoms with Gasteiger partial charge in [0.1, 0.15) is 0 Å². The van der Waals surface area contributed by atoms with Gasteiger partial charge in [0, 0.05) is 25.2 Å². The molecule has 1 unspecified atom stereocenters. The second kappa shape index (κ2) is 4.78. The standard InChI is InChI=1S/C11H22N2O2/c12-9-1-4-11(14,5-2-9)8-13-10-3-6-15-7-10/h9-10,13-14H,1-8,12H2. The molecule has 1 saturated heterocycles. The second-order valence-corrected chi connectivity index (χ2v) is 5.00. The Balaban J connectivity index is 1.72. The molecular formula is C11H22N2O2. The highest BCUT2D eigenvalue weighted by molar-refractivity contribution is 4.89. The Labute approximate surface area is 91.2 Å². The van der Waals surface area contributed by atoms with E-state index in [1.807, 2.05) is 0 Å². The second-order valence-electron chi connectivity index (χ2n) is 5.00. The van der Waals surface area contributed by atoms with Crippen LogP contribution in [-0.4, -0.2) is 42.5 Å². The van der Waals surface area contributed by atoms with E-state index in [0.29, 0.717) is 18.6 Å². The maximum Gasteiger partial charge on any atom is 0.0772 e. The van der Waals surface area contributed by atoms with Crippen molar-refractivity contribution in [2.45, 2.75) is 49.8 Å². The van der Waals surface area contributed by atoms with Crippen molar-refractivity contribution >= 4 is 0 Å². The maximum absolute atomic E-state index is 10.3. The number of hydrogen-bond acceptors (Lipinski definition) is 4. The van der Waals surface area contributed by atoms with Gasteiger partial charge in [0.25, 0.3) is 0 Å². The fourth-order valence-corrected chi connectivity index (χ4v) is 2.38. The van der Waals surface area contributed by atoms with E-state index in [4.69, 9.17) is 10.5 Å². The molecule has 4 heteroatoms. The summed E-state index contributed by atoms with van der Waals surface area (Å²) >= 11 is 0. The Morgan fingerprint density at radius 3 is 2.67 bits per heavy atom. The summed E-state index contributed by atoms with van der Waals surface area (Å²) in [6, 6.07) is 0.727. The van der Waals surface area contributed by atoms with Gasteiger partial charge < -0.3 is 20.9 Å². The summed E-state index contributed by atoms with van der Waals surface area (Å²) in [5.74, 6) is 0. The van der Waals surface area contributed by atoms with Gasteiger partial charge in [-0.2, -0.15) is 0 Å². The Morgan fingerprint density at radius 1 is 1.33 bits per heavy atom. The van der Waals surface area contributed by atoms with Gasteiger partial charge in [0.05, 0.1) is 12.2 Å². The van der Waals surface area contributed by atoms with Crippen LogP contribution in [0.5, 0.6) is 0 Å². The first kappa shape index (κ1) is 11.3. The van der Waals surface area contributed by atoms with Gasteiger partial charge in [0.2, 0.25) is 0 Å². The average molecular weight is 214 g/mol. The molecular weight excluding hydrogens is 192 g/mol. The fourth-order valence-electron chi connectivity index (χ4n) is 2.38. The lowest BCUT2D eigenvalue weighted by Crippen LogP contribution is -2.48. The van der Waals surface area contributed by atoms with Gasteiger partial charge in [-0.25, -0.2) is 0 Å². The molecule has 2 rings (SSSR count). The summed E-state index contributed by atoms with van der Waals surface area (Å²) in [5.41, 5.74) is 5.29. The van der Waals surface area contributed by atoms with E-state index in [9.17, 15) is 5.11 Å². The van der Waals surface area contributed by atoms with Crippen molar-refractivity contribution in [2.75, 3.05) is 19.8 Å². The molecule has 1 saturated carbocycles. The van der Waals surface area contributed by atoms with Gasteiger partial charge >= 0.3 is 0 Å². The van der Waals surface area contributed by atoms with Crippen LogP contribution in [0.1, 0.15) is 32.1 Å². The highest BCUT2D eigenvalue weighted by atomic mass is 16.5. The normalized spacial score (nSPS) is 42.0. The van der Waals surface area contributed by atoms with Crippen LogP contribution in [0.25, 0.3) is 0 Å². The molecule has 1 heterocycles. The predicted molar refractivity (Wildman–Crippen MR) is 58.6 cm³/mol. The Kier molecular flexibility index (Phi) is 3.61. The summed E-state index contributed by atoms with van der Waals surface area (Å²) in [5, 5.41) is 13.7. The molecule has 0 spiro atoms. The third-order valence-corrected chi connectivity index (χ3v) is 3.61. The van der Waals surface area contributed by atoms with Gasteiger partial charge in [-0.15, -0.1) is 0 Å². The summed E-state index contributed by atoms with van der Waals surface area (Å²) in [4.78, 5) is 0. The van der Waals surface area contributed by atoms with Crippen molar-refractivity contribution in [3.8, 4) is 0 Å². The number of hydrogen-bond donors (Lipinski definition) is 3. The van der Waals surface area contributed by atoms with E-state index in [-0.39, 0.29) is 0 Å². The van der Waals surface area contributed by atoms with Gasteiger partial charge in [-0.05, 0) is 32.1 Å². The molecule has 0 aromatic rings. The molecule has 2 fully saturated rings. The molecule has 0 radical (unpaired) electrons. The Bertz CT molecular complexity index is 197. The Hall–Kier alpha value is -0.160. The van der Waals surface area contributed by atoms with Crippen LogP contribution in [0.2, 0.25) is 0 Å². The summed E-state index contributed by atoms with van der Waals surface area (Å²) in [6.07, 6.45) is 4.61. The zero-order chi connectivity index (χ0) is 10.7. The third kappa shape index (κ3) is 3.14. The van der Waals surface area contributed by atoms with Crippen molar-refractivity contribution in [3.63, 3.8) is 0 Å². The minimum absolute atomic E-state index is 0.292. The van der Waals surface area contributed by atoms with Crippen LogP contribution in [0.4, 0.5) is 0 Å². The van der Waals surface area contributed by atoms with Crippen LogP contribution in [0, 0.1) is 0 Å². The zero-order valence-corrected chi connectivity index (χ0v) is 9.24. The molecule has 1 aliphatic carbocycles. The van der Waals surface area contributed by atoms with Crippen molar-refractivity contribution in [1.82, 2.24) is 5.32 Å². The summed E-state index contributed by atoms with van der Waals surface area (Å²) < 4.78 is 5.28. The zero-order valence-electron chi connectivity index (χ0n) is 9.24. The number of rotatable bonds is 3. The summed E-state index contributed by atoms with van der Waals surface area (Å²) in [7, 11) is 0. The first-order chi connectivity index (χ1) is 7.18. The first-order valence-electron chi connectivity index (χ1n) is 5.97. The van der Waals surface area contributed by atoms with E-state index in [2.05, 4.69) is 5.32 Å². The van der Waals surface area contributed by atoms with Crippen molar-refractivity contribution in [3.05, 3.63) is 0 Å². The van der Waals surface area contributed by atoms with Gasteiger partial charge in [0.15, 0.2) is 0 Å². The molecule has 88 valence electrons. The Morgan fingerprint density at radius 2 is 2.07 bits per heavy atom. The van der Waals surface area contributed by atoms with E-state index in [0.717, 1.165) is 45.3 Å². The molecule has 1 atom stereocenters. The average Bonchev–Trinajstić information content (AvgIpc) is 2.73. The third-order valence-electron chi connectivity index (χ3n) is 3.61. The van der Waals surface area contributed by atoms with Crippen LogP contribution in [-0.2, 0) is 4.74 Å². The highest BCUT2D eigenvalue weighted by Crippen LogP contribution is 2.27. The maximum atomic E-state index is 10.3. The molecule has 4 nitrogen and oxygen atoms in total. The van der Waals surface area contributed by atoms with E-state index in [1.165, 1.54) is 0 Å². The quantitative estimate of drug-likeness (QED) is 0.618. The van der Waals surface area contributed by atoms with E-state index in [1.54, 1.807) is 0 Å². The van der Waals surface area contributed by atoms with Crippen molar-refractivity contribution < 1.29 is 9.84 Å². The van der Waals surface area contributed by atoms with Crippen molar-refractivity contribution in [2.24, 2.45) is 5.73 Å². The first-order valence-corrected chi connectivity index (χ1v) is 5.97. The number of ether oxygens (including phenoxy) is 1. The van der Waals surface area contributed by atoms with Crippen LogP contribution in [0.15, 0.2) is 0 Å². The highest BCUT2D eigenvalue weighted by Gasteiger charge is 2.32. The number of nitrogens with two attached hydrogens (primary N) is 1. The molecule has 0 bridgehead atoms. The monoisotopic (exact) mass is 214 g/mol. The molecule has 0 amide bonds. The summed E-state index contributed by atoms with van der Waals surface area (Å²) in [6.45, 7) is 2.32. The van der Waals surface area contributed by atoms with Crippen molar-refractivity contribution in [1.29, 1.82) is 0 Å². The molecule has 0 aromatic carbocycles. The smallest absolute Gasteiger partial charge is 0.0772 e. The lowest BCUT2D eigenvalue weighted by Gasteiger charge is -2.35. The lowest BCUT2D eigenvalue weighted by molar-refractivity contribution is -0.00168. The number of nitrogens with one attached hydrogen (secondary N) is 1. The van der Waals surface area contributed by atoms with Crippen LogP contribution < -0.4 is 11.1 Å². The minimum Gasteiger partial charge on any atom is -0.389 e. The topological polar surface area (TPSA) is 67.5 Å². The molecule has 2 aliphatic rings. The SMILES string of the molecule is NC1CCC(O)(CNC2CCOC2)CC1.